The Morgan fingerprint density at radius 3 is 2.39 bits per heavy atom. The summed E-state index contributed by atoms with van der Waals surface area (Å²) in [7, 11) is -3.40. The van der Waals surface area contributed by atoms with E-state index in [9.17, 15) is 8.42 Å². The van der Waals surface area contributed by atoms with Crippen molar-refractivity contribution in [3.63, 3.8) is 0 Å². The summed E-state index contributed by atoms with van der Waals surface area (Å²) in [5.74, 6) is 0.782. The summed E-state index contributed by atoms with van der Waals surface area (Å²) in [5.41, 5.74) is 0. The number of hydrogen-bond donors (Lipinski definition) is 0. The largest absolute Gasteiger partial charge is 0.408 e. The van der Waals surface area contributed by atoms with Crippen LogP contribution in [-0.2, 0) is 10.0 Å². The van der Waals surface area contributed by atoms with E-state index >= 15 is 0 Å². The van der Waals surface area contributed by atoms with Gasteiger partial charge in [0.2, 0.25) is 5.89 Å². The van der Waals surface area contributed by atoms with Crippen LogP contribution >= 0.6 is 11.3 Å². The average molecular weight is 356 g/mol. The van der Waals surface area contributed by atoms with Crippen molar-refractivity contribution in [3.05, 3.63) is 22.9 Å². The van der Waals surface area contributed by atoms with E-state index in [1.807, 2.05) is 31.7 Å². The highest BCUT2D eigenvalue weighted by molar-refractivity contribution is 7.91. The lowest BCUT2D eigenvalue weighted by molar-refractivity contribution is 0.368. The van der Waals surface area contributed by atoms with Gasteiger partial charge in [-0.05, 0) is 19.1 Å². The van der Waals surface area contributed by atoms with Crippen LogP contribution in [0.25, 0.3) is 0 Å². The van der Waals surface area contributed by atoms with Crippen LogP contribution in [0.15, 0.2) is 20.8 Å². The summed E-state index contributed by atoms with van der Waals surface area (Å²) in [5, 5.41) is 8.07. The van der Waals surface area contributed by atoms with Gasteiger partial charge in [-0.3, -0.25) is 0 Å². The molecule has 1 aliphatic heterocycles. The molecule has 2 aromatic heterocycles. The minimum atomic E-state index is -3.40. The van der Waals surface area contributed by atoms with E-state index in [2.05, 4.69) is 10.2 Å². The summed E-state index contributed by atoms with van der Waals surface area (Å²) < 4.78 is 32.8. The molecule has 0 unspecified atom stereocenters. The molecular formula is C14H20N4O3S2. The maximum atomic E-state index is 12.6. The topological polar surface area (TPSA) is 79.5 Å². The first kappa shape index (κ1) is 16.4. The monoisotopic (exact) mass is 356 g/mol. The van der Waals surface area contributed by atoms with Crippen molar-refractivity contribution in [2.75, 3.05) is 31.1 Å². The van der Waals surface area contributed by atoms with E-state index in [4.69, 9.17) is 4.42 Å². The van der Waals surface area contributed by atoms with Crippen LogP contribution in [-0.4, -0.2) is 49.1 Å². The Bertz CT molecular complexity index is 774. The van der Waals surface area contributed by atoms with Crippen LogP contribution in [0.1, 0.15) is 30.5 Å². The number of thiophene rings is 1. The van der Waals surface area contributed by atoms with Gasteiger partial charge in [0.15, 0.2) is 0 Å². The van der Waals surface area contributed by atoms with Gasteiger partial charge in [-0.2, -0.15) is 4.31 Å². The van der Waals surface area contributed by atoms with E-state index in [0.29, 0.717) is 42.3 Å². The van der Waals surface area contributed by atoms with E-state index in [1.54, 1.807) is 6.07 Å². The maximum Gasteiger partial charge on any atom is 0.318 e. The molecule has 0 bridgehead atoms. The zero-order valence-electron chi connectivity index (χ0n) is 13.4. The molecule has 3 heterocycles. The van der Waals surface area contributed by atoms with Crippen LogP contribution < -0.4 is 4.90 Å². The van der Waals surface area contributed by atoms with Gasteiger partial charge in [-0.25, -0.2) is 8.42 Å². The molecule has 1 saturated heterocycles. The van der Waals surface area contributed by atoms with E-state index in [0.717, 1.165) is 4.88 Å². The second-order valence-corrected chi connectivity index (χ2v) is 9.29. The molecule has 7 nitrogen and oxygen atoms in total. The molecule has 3 rings (SSSR count). The van der Waals surface area contributed by atoms with Gasteiger partial charge in [0, 0.05) is 37.0 Å². The van der Waals surface area contributed by atoms with Crippen molar-refractivity contribution in [2.24, 2.45) is 0 Å². The van der Waals surface area contributed by atoms with E-state index in [-0.39, 0.29) is 5.92 Å². The smallest absolute Gasteiger partial charge is 0.318 e. The molecule has 0 aromatic carbocycles. The Balaban J connectivity index is 1.68. The maximum absolute atomic E-state index is 12.6. The van der Waals surface area contributed by atoms with Gasteiger partial charge in [-0.1, -0.05) is 18.9 Å². The van der Waals surface area contributed by atoms with Crippen molar-refractivity contribution in [3.8, 4) is 0 Å². The molecule has 0 radical (unpaired) electrons. The zero-order chi connectivity index (χ0) is 16.6. The lowest BCUT2D eigenvalue weighted by atomic mass is 10.2. The van der Waals surface area contributed by atoms with Crippen LogP contribution in [0.4, 0.5) is 6.01 Å². The Labute approximate surface area is 140 Å². The summed E-state index contributed by atoms with van der Waals surface area (Å²) in [6.45, 7) is 7.81. The van der Waals surface area contributed by atoms with Crippen molar-refractivity contribution in [2.45, 2.75) is 30.9 Å². The molecule has 9 heteroatoms. The molecule has 23 heavy (non-hydrogen) atoms. The summed E-state index contributed by atoms with van der Waals surface area (Å²) in [6, 6.07) is 3.98. The first-order valence-corrected chi connectivity index (χ1v) is 9.78. The molecular weight excluding hydrogens is 336 g/mol. The Morgan fingerprint density at radius 1 is 1.17 bits per heavy atom. The molecule has 0 amide bonds. The van der Waals surface area contributed by atoms with Gasteiger partial charge in [0.25, 0.3) is 10.0 Å². The normalized spacial score (nSPS) is 17.1. The Kier molecular flexibility index (Phi) is 4.43. The Hall–Kier alpha value is -1.45. The van der Waals surface area contributed by atoms with Gasteiger partial charge in [-0.15, -0.1) is 16.4 Å². The molecule has 1 aliphatic rings. The highest BCUT2D eigenvalue weighted by atomic mass is 32.2. The molecule has 0 N–H and O–H groups in total. The fraction of sp³-hybridized carbons (Fsp3) is 0.571. The molecule has 0 saturated carbocycles. The van der Waals surface area contributed by atoms with Crippen molar-refractivity contribution >= 4 is 27.4 Å². The molecule has 2 aromatic rings. The fourth-order valence-electron chi connectivity index (χ4n) is 2.39. The number of piperazine rings is 1. The SMILES string of the molecule is Cc1ccc(S(=O)(=O)N2CCN(c3nnc(C(C)C)o3)CC2)s1. The lowest BCUT2D eigenvalue weighted by Crippen LogP contribution is -2.48. The fourth-order valence-corrected chi connectivity index (χ4v) is 5.25. The van der Waals surface area contributed by atoms with Gasteiger partial charge in [0.05, 0.1) is 0 Å². The number of hydrogen-bond acceptors (Lipinski definition) is 7. The minimum Gasteiger partial charge on any atom is -0.408 e. The van der Waals surface area contributed by atoms with Crippen molar-refractivity contribution < 1.29 is 12.8 Å². The second kappa shape index (κ2) is 6.21. The van der Waals surface area contributed by atoms with Gasteiger partial charge < -0.3 is 9.32 Å². The number of rotatable bonds is 4. The zero-order valence-corrected chi connectivity index (χ0v) is 15.0. The predicted molar refractivity (Wildman–Crippen MR) is 88.4 cm³/mol. The first-order valence-electron chi connectivity index (χ1n) is 7.53. The summed E-state index contributed by atoms with van der Waals surface area (Å²) in [6.07, 6.45) is 0. The highest BCUT2D eigenvalue weighted by Crippen LogP contribution is 2.26. The minimum absolute atomic E-state index is 0.181. The van der Waals surface area contributed by atoms with Crippen LogP contribution in [0.3, 0.4) is 0 Å². The van der Waals surface area contributed by atoms with Gasteiger partial charge in [0.1, 0.15) is 4.21 Å². The third-order valence-corrected chi connectivity index (χ3v) is 7.11. The molecule has 0 spiro atoms. The highest BCUT2D eigenvalue weighted by Gasteiger charge is 2.31. The summed E-state index contributed by atoms with van der Waals surface area (Å²) in [4.78, 5) is 2.93. The third-order valence-electron chi connectivity index (χ3n) is 3.74. The number of anilines is 1. The van der Waals surface area contributed by atoms with Gasteiger partial charge >= 0.3 is 6.01 Å². The summed E-state index contributed by atoms with van der Waals surface area (Å²) >= 11 is 1.31. The third kappa shape index (κ3) is 3.26. The average Bonchev–Trinajstić information content (AvgIpc) is 3.16. The second-order valence-electron chi connectivity index (χ2n) is 5.83. The van der Waals surface area contributed by atoms with Crippen molar-refractivity contribution in [1.29, 1.82) is 0 Å². The Morgan fingerprint density at radius 2 is 1.87 bits per heavy atom. The van der Waals surface area contributed by atoms with Crippen LogP contribution in [0, 0.1) is 6.92 Å². The van der Waals surface area contributed by atoms with Crippen molar-refractivity contribution in [1.82, 2.24) is 14.5 Å². The number of aromatic nitrogens is 2. The van der Waals surface area contributed by atoms with Crippen LogP contribution in [0.2, 0.25) is 0 Å². The van der Waals surface area contributed by atoms with Crippen LogP contribution in [0.5, 0.6) is 0 Å². The molecule has 1 fully saturated rings. The molecule has 126 valence electrons. The van der Waals surface area contributed by atoms with E-state index < -0.39 is 10.0 Å². The van der Waals surface area contributed by atoms with E-state index in [1.165, 1.54) is 15.6 Å². The lowest BCUT2D eigenvalue weighted by Gasteiger charge is -2.32. The quantitative estimate of drug-likeness (QED) is 0.834. The molecule has 0 aliphatic carbocycles. The number of nitrogens with zero attached hydrogens (tertiary/aromatic N) is 4. The predicted octanol–water partition coefficient (Wildman–Crippen LogP) is 2.07. The number of aryl methyl sites for hydroxylation is 1. The number of sulfonamides is 1. The first-order chi connectivity index (χ1) is 10.9. The molecule has 0 atom stereocenters. The standard InChI is InChI=1S/C14H20N4O3S2/c1-10(2)13-15-16-14(21-13)17-6-8-18(9-7-17)23(19,20)12-5-4-11(3)22-12/h4-5,10H,6-9H2,1-3H3.